The second-order valence-corrected chi connectivity index (χ2v) is 10.7. The van der Waals surface area contributed by atoms with Crippen molar-refractivity contribution in [1.29, 1.82) is 5.26 Å². The number of aryl methyl sites for hydroxylation is 1. The van der Waals surface area contributed by atoms with Crippen molar-refractivity contribution in [2.75, 3.05) is 0 Å². The Balaban J connectivity index is 0.000000362. The van der Waals surface area contributed by atoms with Crippen molar-refractivity contribution < 1.29 is 59.5 Å². The summed E-state index contributed by atoms with van der Waals surface area (Å²) in [4.78, 5) is 0. The quantitative estimate of drug-likeness (QED) is 0.174. The Labute approximate surface area is 190 Å². The van der Waals surface area contributed by atoms with Gasteiger partial charge in [0.05, 0.1) is 11.6 Å². The molecule has 1 aromatic carbocycles. The molecule has 0 amide bonds. The predicted molar refractivity (Wildman–Crippen MR) is 106 cm³/mol. The number of hydrogen-bond acceptors (Lipinski definition) is 1. The number of aromatic nitrogens is 2. The molecule has 0 aliphatic heterocycles. The summed E-state index contributed by atoms with van der Waals surface area (Å²) in [6.45, 7) is 0. The molecular weight excluding hydrogens is 548 g/mol. The number of benzene rings is 1. The van der Waals surface area contributed by atoms with E-state index >= 15 is 0 Å². The number of hydrogen-bond donors (Lipinski definition) is 0. The molecule has 3 rings (SSSR count). The molecule has 2 aromatic heterocycles. The van der Waals surface area contributed by atoms with Crippen molar-refractivity contribution in [3.05, 3.63) is 78.9 Å². The molecule has 0 aliphatic rings. The van der Waals surface area contributed by atoms with Crippen LogP contribution in [0.4, 0.5) is 50.4 Å². The normalized spacial score (nSPS) is 15.3. The number of halogens is 12. The van der Waals surface area contributed by atoms with Crippen LogP contribution in [0, 0.1) is 11.3 Å². The van der Waals surface area contributed by atoms with Gasteiger partial charge in [-0.15, -0.1) is 0 Å². The van der Waals surface area contributed by atoms with Gasteiger partial charge in [0.25, 0.3) is 0 Å². The summed E-state index contributed by atoms with van der Waals surface area (Å²) in [5.74, 6) is 0. The Kier molecular flexibility index (Phi) is 7.14. The number of nitrogens with zero attached hydrogens (tertiary/aromatic N) is 3. The van der Waals surface area contributed by atoms with Crippen molar-refractivity contribution in [2.24, 2.45) is 7.05 Å². The first-order chi connectivity index (χ1) is 15.2. The fourth-order valence-electron chi connectivity index (χ4n) is 2.19. The van der Waals surface area contributed by atoms with E-state index in [1.54, 1.807) is 0 Å². The van der Waals surface area contributed by atoms with Crippen LogP contribution < -0.4 is 9.13 Å². The van der Waals surface area contributed by atoms with Gasteiger partial charge in [-0.25, -0.2) is 4.57 Å². The van der Waals surface area contributed by atoms with Gasteiger partial charge in [-0.3, -0.25) is 0 Å². The molecule has 3 aromatic rings. The van der Waals surface area contributed by atoms with Gasteiger partial charge in [0.2, 0.25) is 5.69 Å². The molecule has 0 saturated carbocycles. The Morgan fingerprint density at radius 3 is 1.20 bits per heavy atom. The van der Waals surface area contributed by atoms with E-state index in [0.717, 1.165) is 5.69 Å². The topological polar surface area (TPSA) is 31.5 Å². The summed E-state index contributed by atoms with van der Waals surface area (Å²) < 4.78 is 122. The first kappa shape index (κ1) is 30.1. The molecule has 196 valence electrons. The van der Waals surface area contributed by atoms with Crippen LogP contribution in [0.15, 0.2) is 73.3 Å². The summed E-state index contributed by atoms with van der Waals surface area (Å²) in [6, 6.07) is 18.1. The van der Waals surface area contributed by atoms with E-state index in [1.807, 2.05) is 65.2 Å². The second-order valence-electron chi connectivity index (χ2n) is 6.82. The molecule has 2 heterocycles. The molecule has 0 spiro atoms. The Morgan fingerprint density at radius 2 is 0.886 bits per heavy atom. The van der Waals surface area contributed by atoms with Crippen molar-refractivity contribution in [3.8, 4) is 22.9 Å². The van der Waals surface area contributed by atoms with Crippen molar-refractivity contribution in [2.45, 2.75) is 0 Å². The molecule has 17 heteroatoms. The molecule has 0 saturated heterocycles. The molecule has 0 radical (unpaired) electrons. The van der Waals surface area contributed by atoms with Gasteiger partial charge in [-0.2, -0.15) is 9.83 Å². The zero-order valence-corrected chi connectivity index (χ0v) is 19.0. The molecular formula is C18H15F12N3P2. The maximum atomic E-state index is 9.87. The average molecular weight is 563 g/mol. The fraction of sp³-hybridized carbons (Fsp3) is 0.0556. The third-order valence-electron chi connectivity index (χ3n) is 3.44. The van der Waals surface area contributed by atoms with Crippen LogP contribution >= 0.6 is 15.6 Å². The van der Waals surface area contributed by atoms with E-state index in [-0.39, 0.29) is 0 Å². The van der Waals surface area contributed by atoms with Crippen LogP contribution in [0.5, 0.6) is 0 Å². The van der Waals surface area contributed by atoms with E-state index in [1.165, 1.54) is 11.1 Å². The summed E-state index contributed by atoms with van der Waals surface area (Å²) in [7, 11) is -19.3. The molecule has 0 bridgehead atoms. The monoisotopic (exact) mass is 563 g/mol. The Morgan fingerprint density at radius 1 is 0.571 bits per heavy atom. The number of nitriles is 1. The second kappa shape index (κ2) is 8.31. The molecule has 0 aliphatic carbocycles. The zero-order valence-electron chi connectivity index (χ0n) is 17.2. The third-order valence-corrected chi connectivity index (χ3v) is 3.44. The summed E-state index contributed by atoms with van der Waals surface area (Å²) in [6.07, 6.45) is 8.14. The molecule has 0 unspecified atom stereocenters. The number of rotatable bonds is 2. The van der Waals surface area contributed by atoms with Crippen LogP contribution in [0.3, 0.4) is 0 Å². The number of pyridine rings is 2. The molecule has 0 atom stereocenters. The van der Waals surface area contributed by atoms with Crippen LogP contribution in [-0.2, 0) is 7.05 Å². The Hall–Kier alpha value is -2.97. The van der Waals surface area contributed by atoms with Gasteiger partial charge < -0.3 is 0 Å². The molecule has 35 heavy (non-hydrogen) atoms. The zero-order chi connectivity index (χ0) is 27.5. The molecule has 3 nitrogen and oxygen atoms in total. The maximum absolute atomic E-state index is 10.7. The Bertz CT molecular complexity index is 1150. The van der Waals surface area contributed by atoms with Crippen molar-refractivity contribution >= 4 is 15.6 Å². The van der Waals surface area contributed by atoms with Crippen LogP contribution in [0.2, 0.25) is 0 Å². The standard InChI is InChI=1S/C18H15N3.2F6P/c1-20-10-6-16(7-11-20)17-8-12-21(13-9-17)18-4-2-15(14-19)3-5-18;2*1-7(2,3,4,5)6/h2-13H,1H3;;/q+2;2*-1. The summed E-state index contributed by atoms with van der Waals surface area (Å²) in [5, 5.41) is 8.82. The fourth-order valence-corrected chi connectivity index (χ4v) is 2.19. The van der Waals surface area contributed by atoms with Crippen LogP contribution in [-0.4, -0.2) is 0 Å². The van der Waals surface area contributed by atoms with Crippen molar-refractivity contribution in [1.82, 2.24) is 0 Å². The SMILES string of the molecule is C[n+]1ccc(-c2cc[n+](-c3ccc(C#N)cc3)cc2)cc1.F[P-](F)(F)(F)(F)F.F[P-](F)(F)(F)(F)F. The first-order valence-corrected chi connectivity index (χ1v) is 12.8. The van der Waals surface area contributed by atoms with E-state index in [4.69, 9.17) is 5.26 Å². The van der Waals surface area contributed by atoms with Gasteiger partial charge in [0.15, 0.2) is 24.8 Å². The van der Waals surface area contributed by atoms with E-state index in [2.05, 4.69) is 30.3 Å². The van der Waals surface area contributed by atoms with E-state index in [0.29, 0.717) is 5.56 Å². The minimum atomic E-state index is -10.7. The van der Waals surface area contributed by atoms with E-state index in [9.17, 15) is 50.4 Å². The minimum absolute atomic E-state index is 0.674. The summed E-state index contributed by atoms with van der Waals surface area (Å²) >= 11 is 0. The van der Waals surface area contributed by atoms with Gasteiger partial charge in [-0.1, -0.05) is 0 Å². The summed E-state index contributed by atoms with van der Waals surface area (Å²) in [5.41, 5.74) is 4.09. The van der Waals surface area contributed by atoms with Crippen molar-refractivity contribution in [3.63, 3.8) is 0 Å². The molecule has 0 fully saturated rings. The van der Waals surface area contributed by atoms with Crippen LogP contribution in [0.25, 0.3) is 16.8 Å². The van der Waals surface area contributed by atoms with Crippen LogP contribution in [0.1, 0.15) is 5.56 Å². The first-order valence-electron chi connectivity index (χ1n) is 8.76. The molecule has 0 N–H and O–H groups in total. The van der Waals surface area contributed by atoms with Gasteiger partial charge >= 0.3 is 66.0 Å². The average Bonchev–Trinajstić information content (AvgIpc) is 2.64. The van der Waals surface area contributed by atoms with Gasteiger partial charge in [0, 0.05) is 36.4 Å². The third kappa shape index (κ3) is 19.1. The van der Waals surface area contributed by atoms with Gasteiger partial charge in [-0.05, 0) is 23.3 Å². The van der Waals surface area contributed by atoms with E-state index < -0.39 is 15.6 Å². The predicted octanol–water partition coefficient (Wildman–Crippen LogP) is 9.09. The van der Waals surface area contributed by atoms with Gasteiger partial charge in [0.1, 0.15) is 7.05 Å².